The van der Waals surface area contributed by atoms with Crippen molar-refractivity contribution in [2.24, 2.45) is 7.05 Å². The Hall–Kier alpha value is -2.06. The molecule has 0 aliphatic rings. The van der Waals surface area contributed by atoms with Crippen LogP contribution in [-0.2, 0) is 18.2 Å². The molecule has 1 heterocycles. The molecule has 1 N–H and O–H groups in total. The number of rotatable bonds is 4. The van der Waals surface area contributed by atoms with Gasteiger partial charge in [-0.15, -0.1) is 0 Å². The number of carbonyl (C=O) groups excluding carboxylic acids is 1. The maximum atomic E-state index is 11.2. The summed E-state index contributed by atoms with van der Waals surface area (Å²) in [6.07, 6.45) is 1.05. The van der Waals surface area contributed by atoms with Crippen molar-refractivity contribution < 1.29 is 19.4 Å². The first-order chi connectivity index (χ1) is 8.58. The van der Waals surface area contributed by atoms with Crippen molar-refractivity contribution in [3.63, 3.8) is 0 Å². The van der Waals surface area contributed by atoms with E-state index in [4.69, 9.17) is 4.74 Å². The molecule has 18 heavy (non-hydrogen) atoms. The Bertz CT molecular complexity index is 531. The second kappa shape index (κ2) is 6.03. The Kier molecular flexibility index (Phi) is 4.69. The van der Waals surface area contributed by atoms with E-state index in [1.807, 2.05) is 6.92 Å². The van der Waals surface area contributed by atoms with Gasteiger partial charge in [-0.25, -0.2) is 4.79 Å². The van der Waals surface area contributed by atoms with Crippen molar-refractivity contribution in [2.45, 2.75) is 13.3 Å². The number of aromatic carboxylic acids is 1. The van der Waals surface area contributed by atoms with Gasteiger partial charge in [-0.1, -0.05) is 12.8 Å². The van der Waals surface area contributed by atoms with E-state index in [-0.39, 0.29) is 17.9 Å². The summed E-state index contributed by atoms with van der Waals surface area (Å²) in [5.41, 5.74) is 1.31. The van der Waals surface area contributed by atoms with Gasteiger partial charge in [0.1, 0.15) is 6.61 Å². The molecule has 0 spiro atoms. The van der Waals surface area contributed by atoms with Crippen LogP contribution in [0.5, 0.6) is 0 Å². The minimum atomic E-state index is -1.11. The Morgan fingerprint density at radius 2 is 2.22 bits per heavy atom. The number of hydrogen-bond acceptors (Lipinski definition) is 3. The minimum Gasteiger partial charge on any atom is -0.478 e. The third kappa shape index (κ3) is 2.44. The highest BCUT2D eigenvalue weighted by Crippen LogP contribution is 2.21. The number of aldehydes is 1. The smallest absolute Gasteiger partial charge is 0.338 e. The van der Waals surface area contributed by atoms with E-state index in [1.165, 1.54) is 11.7 Å². The summed E-state index contributed by atoms with van der Waals surface area (Å²) >= 11 is 0. The first kappa shape index (κ1) is 14.0. The zero-order chi connectivity index (χ0) is 13.7. The highest BCUT2D eigenvalue weighted by atomic mass is 16.5. The summed E-state index contributed by atoms with van der Waals surface area (Å²) in [6, 6.07) is 0. The lowest BCUT2D eigenvalue weighted by Gasteiger charge is -1.98. The van der Waals surface area contributed by atoms with Crippen LogP contribution >= 0.6 is 0 Å². The van der Waals surface area contributed by atoms with Crippen molar-refractivity contribution in [3.8, 4) is 11.8 Å². The molecule has 0 saturated heterocycles. The van der Waals surface area contributed by atoms with Gasteiger partial charge in [-0.3, -0.25) is 4.79 Å². The van der Waals surface area contributed by atoms with E-state index < -0.39 is 5.97 Å². The van der Waals surface area contributed by atoms with Crippen LogP contribution in [0.4, 0.5) is 0 Å². The summed E-state index contributed by atoms with van der Waals surface area (Å²) in [5.74, 6) is 4.51. The summed E-state index contributed by atoms with van der Waals surface area (Å²) in [4.78, 5) is 22.2. The molecule has 0 unspecified atom stereocenters. The van der Waals surface area contributed by atoms with Gasteiger partial charge in [0.2, 0.25) is 0 Å². The quantitative estimate of drug-likeness (QED) is 0.640. The monoisotopic (exact) mass is 249 g/mol. The Morgan fingerprint density at radius 3 is 2.67 bits per heavy atom. The lowest BCUT2D eigenvalue weighted by atomic mass is 10.1. The Balaban J connectivity index is 3.48. The van der Waals surface area contributed by atoms with Crippen molar-refractivity contribution >= 4 is 12.3 Å². The van der Waals surface area contributed by atoms with E-state index in [2.05, 4.69) is 11.8 Å². The fourth-order valence-corrected chi connectivity index (χ4v) is 1.84. The highest BCUT2D eigenvalue weighted by molar-refractivity contribution is 5.98. The third-order valence-corrected chi connectivity index (χ3v) is 2.64. The number of hydrogen-bond donors (Lipinski definition) is 1. The van der Waals surface area contributed by atoms with E-state index in [9.17, 15) is 14.7 Å². The van der Waals surface area contributed by atoms with Crippen molar-refractivity contribution in [3.05, 3.63) is 22.5 Å². The standard InChI is InChI=1S/C13H15NO4/c1-4-9-10(6-5-7-18-3)14(2)11(8-15)12(9)13(16)17/h8H,4,7H2,1-3H3,(H,16,17). The van der Waals surface area contributed by atoms with Crippen LogP contribution in [-0.4, -0.2) is 35.6 Å². The second-order valence-electron chi connectivity index (χ2n) is 3.66. The van der Waals surface area contributed by atoms with E-state index in [0.29, 0.717) is 24.0 Å². The molecular formula is C13H15NO4. The van der Waals surface area contributed by atoms with Gasteiger partial charge in [0.25, 0.3) is 0 Å². The average molecular weight is 249 g/mol. The topological polar surface area (TPSA) is 68.5 Å². The molecule has 0 aliphatic carbocycles. The predicted molar refractivity (Wildman–Crippen MR) is 65.9 cm³/mol. The van der Waals surface area contributed by atoms with Gasteiger partial charge in [0.05, 0.1) is 17.0 Å². The molecular weight excluding hydrogens is 234 g/mol. The van der Waals surface area contributed by atoms with E-state index in [0.717, 1.165) is 0 Å². The van der Waals surface area contributed by atoms with Crippen LogP contribution in [0.15, 0.2) is 0 Å². The SMILES string of the molecule is CCc1c(C(=O)O)c(C=O)n(C)c1C#CCOC. The molecule has 0 saturated carbocycles. The zero-order valence-electron chi connectivity index (χ0n) is 10.6. The predicted octanol–water partition coefficient (Wildman–Crippen LogP) is 1.10. The summed E-state index contributed by atoms with van der Waals surface area (Å²) < 4.78 is 6.33. The summed E-state index contributed by atoms with van der Waals surface area (Å²) in [5, 5.41) is 9.17. The number of ether oxygens (including phenoxy) is 1. The van der Waals surface area contributed by atoms with Gasteiger partial charge in [-0.05, 0) is 12.3 Å². The van der Waals surface area contributed by atoms with Crippen molar-refractivity contribution in [2.75, 3.05) is 13.7 Å². The molecule has 0 bridgehead atoms. The lowest BCUT2D eigenvalue weighted by molar-refractivity contribution is 0.0692. The first-order valence-corrected chi connectivity index (χ1v) is 5.46. The average Bonchev–Trinajstić information content (AvgIpc) is 2.62. The molecule has 96 valence electrons. The summed E-state index contributed by atoms with van der Waals surface area (Å²) in [7, 11) is 3.16. The van der Waals surface area contributed by atoms with Crippen molar-refractivity contribution in [1.82, 2.24) is 4.57 Å². The molecule has 0 aromatic carbocycles. The second-order valence-corrected chi connectivity index (χ2v) is 3.66. The van der Waals surface area contributed by atoms with Crippen molar-refractivity contribution in [1.29, 1.82) is 0 Å². The molecule has 1 aromatic rings. The number of carboxylic acid groups (broad SMARTS) is 1. The van der Waals surface area contributed by atoms with Crippen LogP contribution in [0.25, 0.3) is 0 Å². The number of aromatic nitrogens is 1. The first-order valence-electron chi connectivity index (χ1n) is 5.46. The van der Waals surface area contributed by atoms with Gasteiger partial charge < -0.3 is 14.4 Å². The van der Waals surface area contributed by atoms with Gasteiger partial charge in [-0.2, -0.15) is 0 Å². The number of carbonyl (C=O) groups is 2. The van der Waals surface area contributed by atoms with Crippen LogP contribution in [0.2, 0.25) is 0 Å². The Labute approximate surface area is 105 Å². The van der Waals surface area contributed by atoms with Crippen LogP contribution < -0.4 is 0 Å². The minimum absolute atomic E-state index is 0.0386. The largest absolute Gasteiger partial charge is 0.478 e. The number of nitrogens with zero attached hydrogens (tertiary/aromatic N) is 1. The molecule has 5 heteroatoms. The maximum Gasteiger partial charge on any atom is 0.338 e. The molecule has 0 aliphatic heterocycles. The number of methoxy groups -OCH3 is 1. The van der Waals surface area contributed by atoms with Crippen LogP contribution in [0.3, 0.4) is 0 Å². The Morgan fingerprint density at radius 1 is 1.56 bits per heavy atom. The lowest BCUT2D eigenvalue weighted by Crippen LogP contribution is -2.04. The normalized spacial score (nSPS) is 9.72. The molecule has 0 fully saturated rings. The fraction of sp³-hybridized carbons (Fsp3) is 0.385. The van der Waals surface area contributed by atoms with Gasteiger partial charge in [0, 0.05) is 19.7 Å². The highest BCUT2D eigenvalue weighted by Gasteiger charge is 2.23. The molecule has 5 nitrogen and oxygen atoms in total. The van der Waals surface area contributed by atoms with Gasteiger partial charge in [0.15, 0.2) is 6.29 Å². The van der Waals surface area contributed by atoms with E-state index in [1.54, 1.807) is 7.05 Å². The molecule has 0 atom stereocenters. The summed E-state index contributed by atoms with van der Waals surface area (Å²) in [6.45, 7) is 2.09. The van der Waals surface area contributed by atoms with Crippen LogP contribution in [0.1, 0.15) is 39.0 Å². The fourth-order valence-electron chi connectivity index (χ4n) is 1.84. The maximum absolute atomic E-state index is 11.2. The zero-order valence-corrected chi connectivity index (χ0v) is 10.6. The molecule has 0 radical (unpaired) electrons. The van der Waals surface area contributed by atoms with Gasteiger partial charge >= 0.3 is 5.97 Å². The molecule has 1 aromatic heterocycles. The van der Waals surface area contributed by atoms with E-state index >= 15 is 0 Å². The third-order valence-electron chi connectivity index (χ3n) is 2.64. The molecule has 1 rings (SSSR count). The van der Waals surface area contributed by atoms with Crippen LogP contribution in [0, 0.1) is 11.8 Å². The molecule has 0 amide bonds. The number of carboxylic acids is 1.